The van der Waals surface area contributed by atoms with E-state index >= 15 is 0 Å². The molecule has 0 amide bonds. The van der Waals surface area contributed by atoms with Crippen molar-refractivity contribution in [3.8, 4) is 0 Å². The molecule has 6 nitrogen and oxygen atoms in total. The summed E-state index contributed by atoms with van der Waals surface area (Å²) in [6.45, 7) is 7.12. The molecular weight excluding hydrogens is 476 g/mol. The van der Waals surface area contributed by atoms with Gasteiger partial charge in [-0.05, 0) is 38.5 Å². The van der Waals surface area contributed by atoms with E-state index < -0.39 is 0 Å². The van der Waals surface area contributed by atoms with Gasteiger partial charge in [-0.15, -0.1) is 24.0 Å². The summed E-state index contributed by atoms with van der Waals surface area (Å²) in [5.41, 5.74) is 0.958. The highest BCUT2D eigenvalue weighted by Crippen LogP contribution is 2.25. The maximum absolute atomic E-state index is 6.26. The smallest absolute Gasteiger partial charge is 0.228 e. The Hall–Kier alpha value is -1.06. The van der Waals surface area contributed by atoms with Gasteiger partial charge in [-0.2, -0.15) is 4.98 Å². The van der Waals surface area contributed by atoms with Gasteiger partial charge in [0.05, 0.1) is 12.6 Å². The standard InChI is InChI=1S/C16H21Cl2N5O.HI/c1-4-19-16(20-8-7-15-22-11(3)23-24-15)21-10(2)13-6-5-12(17)9-14(13)18;/h5-6,9-10H,4,7-8H2,1-3H3,(H2,19,20,21);1H. The molecule has 0 saturated carbocycles. The highest BCUT2D eigenvalue weighted by Gasteiger charge is 2.12. The minimum Gasteiger partial charge on any atom is -0.357 e. The lowest BCUT2D eigenvalue weighted by Gasteiger charge is -2.19. The molecule has 2 rings (SSSR count). The Bertz CT molecular complexity index is 708. The van der Waals surface area contributed by atoms with Crippen LogP contribution in [0.4, 0.5) is 0 Å². The molecule has 1 aromatic heterocycles. The summed E-state index contributed by atoms with van der Waals surface area (Å²) >= 11 is 12.2. The van der Waals surface area contributed by atoms with Crippen molar-refractivity contribution in [2.24, 2.45) is 4.99 Å². The summed E-state index contributed by atoms with van der Waals surface area (Å²) in [5.74, 6) is 1.91. The third-order valence-corrected chi connectivity index (χ3v) is 3.85. The van der Waals surface area contributed by atoms with Gasteiger partial charge >= 0.3 is 0 Å². The number of benzene rings is 1. The van der Waals surface area contributed by atoms with Gasteiger partial charge in [0.2, 0.25) is 5.89 Å². The summed E-state index contributed by atoms with van der Waals surface area (Å²) in [4.78, 5) is 8.69. The number of aryl methyl sites for hydroxylation is 1. The zero-order valence-electron chi connectivity index (χ0n) is 14.3. The molecule has 9 heteroatoms. The molecule has 2 aromatic rings. The van der Waals surface area contributed by atoms with Gasteiger partial charge in [-0.25, -0.2) is 0 Å². The Balaban J connectivity index is 0.00000312. The van der Waals surface area contributed by atoms with Crippen molar-refractivity contribution in [2.45, 2.75) is 33.2 Å². The van der Waals surface area contributed by atoms with E-state index in [9.17, 15) is 0 Å². The van der Waals surface area contributed by atoms with E-state index in [0.717, 1.165) is 12.1 Å². The Morgan fingerprint density at radius 2 is 2.12 bits per heavy atom. The number of nitrogens with one attached hydrogen (secondary N) is 2. The topological polar surface area (TPSA) is 75.3 Å². The summed E-state index contributed by atoms with van der Waals surface area (Å²) in [5, 5.41) is 11.5. The number of halogens is 3. The third-order valence-electron chi connectivity index (χ3n) is 3.29. The Kier molecular flexibility index (Phi) is 9.52. The van der Waals surface area contributed by atoms with Crippen molar-refractivity contribution in [1.82, 2.24) is 20.8 Å². The maximum Gasteiger partial charge on any atom is 0.228 e. The Labute approximate surface area is 174 Å². The highest BCUT2D eigenvalue weighted by molar-refractivity contribution is 14.0. The molecule has 2 N–H and O–H groups in total. The Morgan fingerprint density at radius 3 is 2.72 bits per heavy atom. The van der Waals surface area contributed by atoms with E-state index in [-0.39, 0.29) is 30.0 Å². The fourth-order valence-electron chi connectivity index (χ4n) is 2.16. The van der Waals surface area contributed by atoms with Gasteiger partial charge in [0.15, 0.2) is 11.8 Å². The number of aliphatic imine (C=N–C) groups is 1. The first kappa shape index (κ1) is 22.0. The summed E-state index contributed by atoms with van der Waals surface area (Å²) in [6, 6.07) is 5.45. The molecule has 0 aliphatic rings. The van der Waals surface area contributed by atoms with Crippen LogP contribution in [-0.4, -0.2) is 29.2 Å². The van der Waals surface area contributed by atoms with Crippen molar-refractivity contribution in [2.75, 3.05) is 13.1 Å². The molecule has 25 heavy (non-hydrogen) atoms. The Morgan fingerprint density at radius 1 is 1.36 bits per heavy atom. The van der Waals surface area contributed by atoms with E-state index in [1.807, 2.05) is 26.0 Å². The molecule has 1 unspecified atom stereocenters. The molecule has 138 valence electrons. The van der Waals surface area contributed by atoms with E-state index in [1.54, 1.807) is 13.0 Å². The molecule has 1 atom stereocenters. The first-order chi connectivity index (χ1) is 11.5. The van der Waals surface area contributed by atoms with E-state index in [2.05, 4.69) is 25.8 Å². The fourth-order valence-corrected chi connectivity index (χ4v) is 2.73. The SMILES string of the molecule is CCNC(=NCCc1nc(C)no1)NC(C)c1ccc(Cl)cc1Cl.I. The molecule has 0 aliphatic heterocycles. The average molecular weight is 498 g/mol. The normalized spacial score (nSPS) is 12.4. The zero-order chi connectivity index (χ0) is 17.5. The van der Waals surface area contributed by atoms with E-state index in [4.69, 9.17) is 27.7 Å². The second-order valence-electron chi connectivity index (χ2n) is 5.28. The minimum atomic E-state index is -0.0155. The molecule has 0 bridgehead atoms. The molecule has 0 spiro atoms. The number of hydrogen-bond acceptors (Lipinski definition) is 4. The van der Waals surface area contributed by atoms with Gasteiger partial charge in [0.25, 0.3) is 0 Å². The summed E-state index contributed by atoms with van der Waals surface area (Å²) in [7, 11) is 0. The minimum absolute atomic E-state index is 0. The molecule has 0 radical (unpaired) electrons. The van der Waals surface area contributed by atoms with Crippen molar-refractivity contribution in [3.63, 3.8) is 0 Å². The molecule has 0 fully saturated rings. The largest absolute Gasteiger partial charge is 0.357 e. The molecular formula is C16H22Cl2IN5O. The maximum atomic E-state index is 6.26. The number of rotatable bonds is 6. The lowest BCUT2D eigenvalue weighted by molar-refractivity contribution is 0.376. The monoisotopic (exact) mass is 497 g/mol. The van der Waals surface area contributed by atoms with Crippen LogP contribution in [0.2, 0.25) is 10.0 Å². The van der Waals surface area contributed by atoms with Crippen LogP contribution >= 0.6 is 47.2 Å². The molecule has 1 aromatic carbocycles. The van der Waals surface area contributed by atoms with Gasteiger partial charge in [0, 0.05) is 23.0 Å². The van der Waals surface area contributed by atoms with E-state index in [0.29, 0.717) is 40.7 Å². The van der Waals surface area contributed by atoms with Crippen LogP contribution in [0, 0.1) is 6.92 Å². The van der Waals surface area contributed by atoms with Crippen molar-refractivity contribution in [3.05, 3.63) is 45.5 Å². The van der Waals surface area contributed by atoms with Crippen LogP contribution in [0.25, 0.3) is 0 Å². The van der Waals surface area contributed by atoms with Crippen molar-refractivity contribution < 1.29 is 4.52 Å². The van der Waals surface area contributed by atoms with Crippen LogP contribution in [0.5, 0.6) is 0 Å². The number of aromatic nitrogens is 2. The average Bonchev–Trinajstić information content (AvgIpc) is 2.92. The van der Waals surface area contributed by atoms with Crippen LogP contribution in [0.1, 0.15) is 37.2 Å². The van der Waals surface area contributed by atoms with Crippen molar-refractivity contribution >= 4 is 53.1 Å². The molecule has 0 saturated heterocycles. The first-order valence-corrected chi connectivity index (χ1v) is 8.54. The number of guanidine groups is 1. The second kappa shape index (κ2) is 10.8. The second-order valence-corrected chi connectivity index (χ2v) is 6.12. The van der Waals surface area contributed by atoms with Gasteiger partial charge < -0.3 is 15.2 Å². The van der Waals surface area contributed by atoms with Crippen LogP contribution in [0.3, 0.4) is 0 Å². The quantitative estimate of drug-likeness (QED) is 0.356. The first-order valence-electron chi connectivity index (χ1n) is 7.78. The predicted molar refractivity (Wildman–Crippen MR) is 112 cm³/mol. The lowest BCUT2D eigenvalue weighted by Crippen LogP contribution is -2.39. The van der Waals surface area contributed by atoms with Gasteiger partial charge in [0.1, 0.15) is 0 Å². The lowest BCUT2D eigenvalue weighted by atomic mass is 10.1. The summed E-state index contributed by atoms with van der Waals surface area (Å²) in [6.07, 6.45) is 0.591. The van der Waals surface area contributed by atoms with Crippen LogP contribution in [-0.2, 0) is 6.42 Å². The van der Waals surface area contributed by atoms with Crippen LogP contribution in [0.15, 0.2) is 27.7 Å². The van der Waals surface area contributed by atoms with Crippen LogP contribution < -0.4 is 10.6 Å². The third kappa shape index (κ3) is 6.99. The predicted octanol–water partition coefficient (Wildman–Crippen LogP) is 4.16. The van der Waals surface area contributed by atoms with E-state index in [1.165, 1.54) is 0 Å². The summed E-state index contributed by atoms with van der Waals surface area (Å²) < 4.78 is 5.08. The van der Waals surface area contributed by atoms with Crippen molar-refractivity contribution in [1.29, 1.82) is 0 Å². The molecule has 1 heterocycles. The number of hydrogen-bond donors (Lipinski definition) is 2. The molecule has 0 aliphatic carbocycles. The van der Waals surface area contributed by atoms with Gasteiger partial charge in [-0.3, -0.25) is 4.99 Å². The highest BCUT2D eigenvalue weighted by atomic mass is 127. The zero-order valence-corrected chi connectivity index (χ0v) is 18.2. The number of nitrogens with zero attached hydrogens (tertiary/aromatic N) is 3. The fraction of sp³-hybridized carbons (Fsp3) is 0.438. The van der Waals surface area contributed by atoms with Gasteiger partial charge in [-0.1, -0.05) is 34.4 Å².